The number of rotatable bonds is 4. The van der Waals surface area contributed by atoms with Crippen LogP contribution in [0, 0.1) is 18.6 Å². The summed E-state index contributed by atoms with van der Waals surface area (Å²) in [4.78, 5) is 15.9. The number of hydrogen-bond donors (Lipinski definition) is 2. The number of aromatic nitrogens is 4. The number of nitrogens with zero attached hydrogens (tertiary/aromatic N) is 3. The molecule has 3 heterocycles. The number of amides is 1. The minimum Gasteiger partial charge on any atom is -0.358 e. The summed E-state index contributed by atoms with van der Waals surface area (Å²) in [6, 6.07) is 8.99. The maximum atomic E-state index is 14.5. The Morgan fingerprint density at radius 1 is 1.12 bits per heavy atom. The van der Waals surface area contributed by atoms with Gasteiger partial charge in [0.05, 0.1) is 12.1 Å². The van der Waals surface area contributed by atoms with E-state index in [2.05, 4.69) is 25.1 Å². The molecule has 1 amide bonds. The van der Waals surface area contributed by atoms with Crippen molar-refractivity contribution in [3.05, 3.63) is 65.1 Å². The number of carbonyl (C=O) groups is 1. The van der Waals surface area contributed by atoms with Crippen LogP contribution < -0.4 is 5.32 Å². The Hall–Kier alpha value is -3.55. The first-order chi connectivity index (χ1) is 15.5. The average molecular weight is 435 g/mol. The molecular formula is C24H23F2N5O. The number of nitrogens with one attached hydrogen (secondary N) is 2. The summed E-state index contributed by atoms with van der Waals surface area (Å²) >= 11 is 0. The molecular weight excluding hydrogens is 412 g/mol. The van der Waals surface area contributed by atoms with Crippen LogP contribution in [0.3, 0.4) is 0 Å². The van der Waals surface area contributed by atoms with Crippen LogP contribution in [-0.2, 0) is 24.2 Å². The van der Waals surface area contributed by atoms with E-state index in [4.69, 9.17) is 0 Å². The van der Waals surface area contributed by atoms with E-state index >= 15 is 0 Å². The van der Waals surface area contributed by atoms with Gasteiger partial charge in [-0.1, -0.05) is 6.42 Å². The van der Waals surface area contributed by atoms with Crippen molar-refractivity contribution in [3.63, 3.8) is 0 Å². The van der Waals surface area contributed by atoms with Crippen molar-refractivity contribution in [2.75, 3.05) is 5.32 Å². The molecule has 1 aliphatic heterocycles. The number of H-pyrrole nitrogens is 1. The molecule has 6 nitrogen and oxygen atoms in total. The zero-order valence-electron chi connectivity index (χ0n) is 17.7. The SMILES string of the molecule is Cc1[nH]c2ccc(F)cc2c1CC(=O)Nc1cc(-c2nnc3n2CCCCC3)ccc1F. The van der Waals surface area contributed by atoms with Crippen molar-refractivity contribution >= 4 is 22.5 Å². The number of hydrogen-bond acceptors (Lipinski definition) is 3. The van der Waals surface area contributed by atoms with Crippen molar-refractivity contribution in [2.24, 2.45) is 0 Å². The second kappa shape index (κ2) is 8.18. The molecule has 2 N–H and O–H groups in total. The molecule has 0 fully saturated rings. The Morgan fingerprint density at radius 2 is 2.00 bits per heavy atom. The maximum absolute atomic E-state index is 14.5. The lowest BCUT2D eigenvalue weighted by Gasteiger charge is -2.11. The van der Waals surface area contributed by atoms with E-state index in [-0.39, 0.29) is 23.8 Å². The Kier molecular flexibility index (Phi) is 5.20. The first-order valence-electron chi connectivity index (χ1n) is 10.8. The molecule has 0 bridgehead atoms. The van der Waals surface area contributed by atoms with Gasteiger partial charge in [-0.25, -0.2) is 8.78 Å². The summed E-state index contributed by atoms with van der Waals surface area (Å²) in [7, 11) is 0. The minimum absolute atomic E-state index is 0.000709. The summed E-state index contributed by atoms with van der Waals surface area (Å²) in [5.74, 6) is 0.341. The zero-order chi connectivity index (χ0) is 22.2. The molecule has 0 saturated heterocycles. The lowest BCUT2D eigenvalue weighted by atomic mass is 10.1. The number of aromatic amines is 1. The van der Waals surface area contributed by atoms with Crippen LogP contribution in [0.5, 0.6) is 0 Å². The summed E-state index contributed by atoms with van der Waals surface area (Å²) in [5.41, 5.74) is 3.01. The van der Waals surface area contributed by atoms with Crippen LogP contribution in [0.15, 0.2) is 36.4 Å². The standard InChI is InChI=1S/C24H23F2N5O/c1-14-17(18-12-16(25)7-9-20(18)27-14)13-23(32)28-21-11-15(6-8-19(21)26)24-30-29-22-5-3-2-4-10-31(22)24/h6-9,11-12,27H,2-5,10,13H2,1H3,(H,28,32). The lowest BCUT2D eigenvalue weighted by molar-refractivity contribution is -0.115. The van der Waals surface area contributed by atoms with E-state index < -0.39 is 5.82 Å². The molecule has 0 unspecified atom stereocenters. The molecule has 8 heteroatoms. The van der Waals surface area contributed by atoms with Crippen LogP contribution in [0.1, 0.15) is 36.3 Å². The van der Waals surface area contributed by atoms with E-state index in [0.29, 0.717) is 22.3 Å². The fourth-order valence-electron chi connectivity index (χ4n) is 4.40. The van der Waals surface area contributed by atoms with Gasteiger partial charge in [0.2, 0.25) is 5.91 Å². The average Bonchev–Trinajstić information content (AvgIpc) is 3.20. The van der Waals surface area contributed by atoms with Gasteiger partial charge in [-0.15, -0.1) is 10.2 Å². The van der Waals surface area contributed by atoms with Gasteiger partial charge in [-0.3, -0.25) is 4.79 Å². The summed E-state index contributed by atoms with van der Waals surface area (Å²) in [6.07, 6.45) is 4.15. The van der Waals surface area contributed by atoms with E-state index in [1.807, 2.05) is 6.92 Å². The zero-order valence-corrected chi connectivity index (χ0v) is 17.7. The molecule has 2 aromatic heterocycles. The number of anilines is 1. The van der Waals surface area contributed by atoms with Gasteiger partial charge in [0.1, 0.15) is 17.5 Å². The molecule has 1 aliphatic rings. The highest BCUT2D eigenvalue weighted by Crippen LogP contribution is 2.28. The number of carbonyl (C=O) groups excluding carboxylic acids is 1. The molecule has 0 spiro atoms. The lowest BCUT2D eigenvalue weighted by Crippen LogP contribution is -2.16. The van der Waals surface area contributed by atoms with Crippen LogP contribution >= 0.6 is 0 Å². The van der Waals surface area contributed by atoms with Crippen molar-refractivity contribution < 1.29 is 13.6 Å². The van der Waals surface area contributed by atoms with Gasteiger partial charge >= 0.3 is 0 Å². The summed E-state index contributed by atoms with van der Waals surface area (Å²) in [5, 5.41) is 11.9. The molecule has 0 aliphatic carbocycles. The first kappa shape index (κ1) is 20.4. The highest BCUT2D eigenvalue weighted by Gasteiger charge is 2.19. The quantitative estimate of drug-likeness (QED) is 0.478. The monoisotopic (exact) mass is 435 g/mol. The summed E-state index contributed by atoms with van der Waals surface area (Å²) in [6.45, 7) is 2.66. The molecule has 0 saturated carbocycles. The molecule has 0 atom stereocenters. The Labute approximate surface area is 183 Å². The van der Waals surface area contributed by atoms with Crippen molar-refractivity contribution in [2.45, 2.75) is 45.6 Å². The van der Waals surface area contributed by atoms with Gasteiger partial charge in [-0.2, -0.15) is 0 Å². The van der Waals surface area contributed by atoms with E-state index in [1.54, 1.807) is 18.2 Å². The third-order valence-corrected chi connectivity index (χ3v) is 6.03. The third kappa shape index (κ3) is 3.77. The van der Waals surface area contributed by atoms with Crippen LogP contribution in [0.25, 0.3) is 22.3 Å². The number of benzene rings is 2. The fraction of sp³-hybridized carbons (Fsp3) is 0.292. The van der Waals surface area contributed by atoms with Crippen LogP contribution in [0.4, 0.5) is 14.5 Å². The van der Waals surface area contributed by atoms with Gasteiger partial charge < -0.3 is 14.9 Å². The molecule has 164 valence electrons. The Morgan fingerprint density at radius 3 is 2.88 bits per heavy atom. The van der Waals surface area contributed by atoms with E-state index in [9.17, 15) is 13.6 Å². The second-order valence-corrected chi connectivity index (χ2v) is 8.24. The van der Waals surface area contributed by atoms with Gasteiger partial charge in [-0.05, 0) is 61.7 Å². The largest absolute Gasteiger partial charge is 0.358 e. The van der Waals surface area contributed by atoms with Crippen LogP contribution in [-0.4, -0.2) is 25.7 Å². The Bertz CT molecular complexity index is 1320. The normalized spacial score (nSPS) is 13.7. The molecule has 4 aromatic rings. The third-order valence-electron chi connectivity index (χ3n) is 6.03. The number of aryl methyl sites for hydroxylation is 2. The second-order valence-electron chi connectivity index (χ2n) is 8.24. The van der Waals surface area contributed by atoms with Crippen LogP contribution in [0.2, 0.25) is 0 Å². The molecule has 0 radical (unpaired) electrons. The first-order valence-corrected chi connectivity index (χ1v) is 10.8. The topological polar surface area (TPSA) is 75.6 Å². The highest BCUT2D eigenvalue weighted by molar-refractivity contribution is 5.96. The highest BCUT2D eigenvalue weighted by atomic mass is 19.1. The minimum atomic E-state index is -0.528. The number of halogens is 2. The predicted octanol–water partition coefficient (Wildman–Crippen LogP) is 4.92. The van der Waals surface area contributed by atoms with Crippen molar-refractivity contribution in [3.8, 4) is 11.4 Å². The smallest absolute Gasteiger partial charge is 0.228 e. The van der Waals surface area contributed by atoms with Gasteiger partial charge in [0.15, 0.2) is 5.82 Å². The van der Waals surface area contributed by atoms with E-state index in [1.165, 1.54) is 18.2 Å². The maximum Gasteiger partial charge on any atom is 0.228 e. The van der Waals surface area contributed by atoms with Gasteiger partial charge in [0.25, 0.3) is 0 Å². The molecule has 5 rings (SSSR count). The number of fused-ring (bicyclic) bond motifs is 2. The Balaban J connectivity index is 1.41. The molecule has 32 heavy (non-hydrogen) atoms. The predicted molar refractivity (Wildman–Crippen MR) is 118 cm³/mol. The van der Waals surface area contributed by atoms with Crippen molar-refractivity contribution in [1.29, 1.82) is 0 Å². The van der Waals surface area contributed by atoms with Gasteiger partial charge in [0, 0.05) is 35.1 Å². The molecule has 2 aromatic carbocycles. The van der Waals surface area contributed by atoms with E-state index in [0.717, 1.165) is 49.3 Å². The fourth-order valence-corrected chi connectivity index (χ4v) is 4.40. The van der Waals surface area contributed by atoms with Crippen molar-refractivity contribution in [1.82, 2.24) is 19.7 Å². The summed E-state index contributed by atoms with van der Waals surface area (Å²) < 4.78 is 30.3.